The van der Waals surface area contributed by atoms with Gasteiger partial charge in [-0.2, -0.15) is 0 Å². The number of aromatic carboxylic acids is 2. The summed E-state index contributed by atoms with van der Waals surface area (Å²) in [6, 6.07) is 5.48. The van der Waals surface area contributed by atoms with Gasteiger partial charge < -0.3 is 21.9 Å². The van der Waals surface area contributed by atoms with Crippen LogP contribution in [0.2, 0.25) is 0 Å². The van der Waals surface area contributed by atoms with Gasteiger partial charge in [-0.1, -0.05) is 12.1 Å². The molecule has 0 saturated heterocycles. The van der Waals surface area contributed by atoms with Crippen molar-refractivity contribution < 1.29 is 50.3 Å². The van der Waals surface area contributed by atoms with Gasteiger partial charge in [0.15, 0.2) is 0 Å². The third kappa shape index (κ3) is 6.76. The van der Waals surface area contributed by atoms with Gasteiger partial charge in [0.2, 0.25) is 0 Å². The molecule has 0 unspecified atom stereocenters. The first-order chi connectivity index (χ1) is 7.54. The summed E-state index contributed by atoms with van der Waals surface area (Å²) in [4.78, 5) is 20.9. The van der Waals surface area contributed by atoms with Crippen molar-refractivity contribution >= 4 is 11.9 Å². The molecular weight excluding hydrogens is 223 g/mol. The number of aliphatic hydroxyl groups is 2. The zero-order valence-corrected chi connectivity index (χ0v) is 9.33. The Morgan fingerprint density at radius 1 is 0.941 bits per heavy atom. The minimum atomic E-state index is -1.23. The summed E-state index contributed by atoms with van der Waals surface area (Å²) in [6.07, 6.45) is 0. The molecule has 0 atom stereocenters. The molecule has 0 spiro atoms. The summed E-state index contributed by atoms with van der Waals surface area (Å²) in [5, 5.41) is 32.4. The standard InChI is InChI=1S/C8H6O4.C2H6O2.Li.H/c9-7(10)5-3-1-2-4-6(5)8(11)12;3-1-2-4;;/h1-4H,(H,9,10)(H,11,12);3-4H,1-2H2;;/q;;+1;-1. The van der Waals surface area contributed by atoms with E-state index in [4.69, 9.17) is 20.4 Å². The Morgan fingerprint density at radius 3 is 1.41 bits per heavy atom. The monoisotopic (exact) mass is 236 g/mol. The Morgan fingerprint density at radius 2 is 1.24 bits per heavy atom. The van der Waals surface area contributed by atoms with E-state index in [0.717, 1.165) is 0 Å². The van der Waals surface area contributed by atoms with Crippen LogP contribution in [0.4, 0.5) is 0 Å². The van der Waals surface area contributed by atoms with Gasteiger partial charge in [0.05, 0.1) is 24.3 Å². The van der Waals surface area contributed by atoms with Crippen molar-refractivity contribution in [3.8, 4) is 0 Å². The topological polar surface area (TPSA) is 115 Å². The third-order valence-corrected chi connectivity index (χ3v) is 1.49. The van der Waals surface area contributed by atoms with Crippen LogP contribution in [-0.4, -0.2) is 45.6 Å². The number of carbonyl (C=O) groups is 2. The molecule has 0 aromatic heterocycles. The van der Waals surface area contributed by atoms with E-state index in [0.29, 0.717) is 0 Å². The quantitative estimate of drug-likeness (QED) is 0.420. The molecule has 0 aliphatic heterocycles. The van der Waals surface area contributed by atoms with Crippen molar-refractivity contribution in [1.29, 1.82) is 0 Å². The van der Waals surface area contributed by atoms with Gasteiger partial charge in [-0.3, -0.25) is 0 Å². The summed E-state index contributed by atoms with van der Waals surface area (Å²) < 4.78 is 0. The maximum Gasteiger partial charge on any atom is 1.00 e. The van der Waals surface area contributed by atoms with Crippen molar-refractivity contribution in [2.45, 2.75) is 0 Å². The molecule has 0 heterocycles. The first-order valence-corrected chi connectivity index (χ1v) is 4.32. The van der Waals surface area contributed by atoms with E-state index in [1.54, 1.807) is 0 Å². The van der Waals surface area contributed by atoms with Gasteiger partial charge in [-0.05, 0) is 12.1 Å². The van der Waals surface area contributed by atoms with Crippen LogP contribution in [0.1, 0.15) is 22.1 Å². The number of carboxylic acids is 2. The van der Waals surface area contributed by atoms with Crippen LogP contribution in [0.15, 0.2) is 24.3 Å². The Hall–Kier alpha value is -1.32. The second-order valence-corrected chi connectivity index (χ2v) is 2.60. The van der Waals surface area contributed by atoms with Crippen LogP contribution >= 0.6 is 0 Å². The molecule has 1 aromatic carbocycles. The SMILES string of the molecule is O=C(O)c1ccccc1C(=O)O.OCCO.[H-].[Li+]. The summed E-state index contributed by atoms with van der Waals surface area (Å²) in [6.45, 7) is -0.250. The van der Waals surface area contributed by atoms with Crippen LogP contribution in [0.3, 0.4) is 0 Å². The summed E-state index contributed by atoms with van der Waals surface area (Å²) >= 11 is 0. The Kier molecular flexibility index (Phi) is 10.5. The van der Waals surface area contributed by atoms with E-state index in [1.165, 1.54) is 24.3 Å². The van der Waals surface area contributed by atoms with Crippen LogP contribution in [-0.2, 0) is 0 Å². The molecule has 0 aliphatic carbocycles. The number of hydrogen-bond acceptors (Lipinski definition) is 4. The van der Waals surface area contributed by atoms with Crippen LogP contribution < -0.4 is 18.9 Å². The Labute approximate surface area is 111 Å². The van der Waals surface area contributed by atoms with Crippen LogP contribution in [0.5, 0.6) is 0 Å². The van der Waals surface area contributed by atoms with E-state index in [1.807, 2.05) is 0 Å². The number of aliphatic hydroxyl groups excluding tert-OH is 2. The smallest absolute Gasteiger partial charge is 1.00 e. The summed E-state index contributed by atoms with van der Waals surface area (Å²) in [7, 11) is 0. The predicted molar refractivity (Wildman–Crippen MR) is 55.6 cm³/mol. The minimum Gasteiger partial charge on any atom is -1.00 e. The van der Waals surface area contributed by atoms with Crippen molar-refractivity contribution in [2.24, 2.45) is 0 Å². The molecule has 6 nitrogen and oxygen atoms in total. The second-order valence-electron chi connectivity index (χ2n) is 2.60. The molecule has 4 N–H and O–H groups in total. The molecule has 0 bridgehead atoms. The van der Waals surface area contributed by atoms with Crippen molar-refractivity contribution in [1.82, 2.24) is 0 Å². The molecule has 0 radical (unpaired) electrons. The van der Waals surface area contributed by atoms with Crippen molar-refractivity contribution in [3.05, 3.63) is 35.4 Å². The number of benzene rings is 1. The molecule has 1 rings (SSSR count). The minimum absolute atomic E-state index is 0. The fraction of sp³-hybridized carbons (Fsp3) is 0.200. The predicted octanol–water partition coefficient (Wildman–Crippen LogP) is -2.83. The molecule has 0 amide bonds. The summed E-state index contributed by atoms with van der Waals surface area (Å²) in [5.41, 5.74) is -0.380. The molecule has 1 aromatic rings. The number of rotatable bonds is 3. The average molecular weight is 236 g/mol. The molecule has 0 saturated carbocycles. The normalized spacial score (nSPS) is 8.35. The number of carboxylic acid groups (broad SMARTS) is 2. The fourth-order valence-electron chi connectivity index (χ4n) is 0.856. The molecule has 0 fully saturated rings. The second kappa shape index (κ2) is 9.87. The van der Waals surface area contributed by atoms with Crippen molar-refractivity contribution in [2.75, 3.05) is 13.2 Å². The van der Waals surface area contributed by atoms with Crippen LogP contribution in [0, 0.1) is 0 Å². The molecule has 0 aliphatic rings. The van der Waals surface area contributed by atoms with E-state index < -0.39 is 11.9 Å². The van der Waals surface area contributed by atoms with E-state index in [9.17, 15) is 9.59 Å². The first-order valence-electron chi connectivity index (χ1n) is 4.32. The van der Waals surface area contributed by atoms with Gasteiger partial charge in [-0.25, -0.2) is 9.59 Å². The first kappa shape index (κ1) is 18.1. The molecular formula is C10H13LiO6. The zero-order chi connectivity index (χ0) is 12.6. The van der Waals surface area contributed by atoms with E-state index >= 15 is 0 Å². The van der Waals surface area contributed by atoms with E-state index in [2.05, 4.69) is 0 Å². The Balaban J connectivity index is -0.000000332. The fourth-order valence-corrected chi connectivity index (χ4v) is 0.856. The van der Waals surface area contributed by atoms with Crippen molar-refractivity contribution in [3.63, 3.8) is 0 Å². The molecule has 17 heavy (non-hydrogen) atoms. The zero-order valence-electron chi connectivity index (χ0n) is 10.3. The Bertz CT molecular complexity index is 336. The molecule has 90 valence electrons. The van der Waals surface area contributed by atoms with Gasteiger partial charge in [-0.15, -0.1) is 0 Å². The molecule has 7 heteroatoms. The number of hydrogen-bond donors (Lipinski definition) is 4. The largest absolute Gasteiger partial charge is 1.00 e. The average Bonchev–Trinajstić information content (AvgIpc) is 2.29. The maximum atomic E-state index is 10.5. The van der Waals surface area contributed by atoms with Crippen LogP contribution in [0.25, 0.3) is 0 Å². The van der Waals surface area contributed by atoms with Gasteiger partial charge in [0.25, 0.3) is 0 Å². The maximum absolute atomic E-state index is 10.5. The summed E-state index contributed by atoms with van der Waals surface area (Å²) in [5.74, 6) is -2.46. The van der Waals surface area contributed by atoms with Gasteiger partial charge in [0.1, 0.15) is 0 Å². The van der Waals surface area contributed by atoms with Gasteiger partial charge in [0, 0.05) is 0 Å². The van der Waals surface area contributed by atoms with Gasteiger partial charge >= 0.3 is 30.8 Å². The third-order valence-electron chi connectivity index (χ3n) is 1.49. The van der Waals surface area contributed by atoms with E-state index in [-0.39, 0.29) is 44.6 Å².